The summed E-state index contributed by atoms with van der Waals surface area (Å²) in [6.07, 6.45) is 0. The van der Waals surface area contributed by atoms with Crippen LogP contribution in [0.15, 0.2) is 18.2 Å². The molecular formula is C12H17ClN2O2. The Labute approximate surface area is 106 Å². The topological polar surface area (TPSA) is 58.7 Å². The summed E-state index contributed by atoms with van der Waals surface area (Å²) < 4.78 is 5.30. The summed E-state index contributed by atoms with van der Waals surface area (Å²) in [7, 11) is 0. The zero-order valence-corrected chi connectivity index (χ0v) is 10.4. The smallest absolute Gasteiger partial charge is 0.0642 e. The number of morpholine rings is 1. The van der Waals surface area contributed by atoms with Crippen LogP contribution in [0.4, 0.5) is 5.69 Å². The predicted molar refractivity (Wildman–Crippen MR) is 68.5 cm³/mol. The second kappa shape index (κ2) is 5.69. The number of aliphatic hydroxyl groups excluding tert-OH is 1. The normalized spacial score (nSPS) is 18.2. The monoisotopic (exact) mass is 256 g/mol. The van der Waals surface area contributed by atoms with Crippen molar-refractivity contribution in [3.63, 3.8) is 0 Å². The fraction of sp³-hybridized carbons (Fsp3) is 0.500. The number of nitrogens with two attached hydrogens (primary N) is 1. The standard InChI is InChI=1S/C12H17ClN2O2/c13-10-7-9(11(14)8-16)1-2-12(10)15-3-5-17-6-4-15/h1-2,7,11,16H,3-6,8,14H2. The average Bonchev–Trinajstić information content (AvgIpc) is 2.38. The summed E-state index contributed by atoms with van der Waals surface area (Å²) in [4.78, 5) is 2.19. The van der Waals surface area contributed by atoms with E-state index in [1.807, 2.05) is 18.2 Å². The SMILES string of the molecule is NC(CO)c1ccc(N2CCOCC2)c(Cl)c1. The summed E-state index contributed by atoms with van der Waals surface area (Å²) in [6, 6.07) is 5.33. The molecule has 1 atom stereocenters. The largest absolute Gasteiger partial charge is 0.394 e. The van der Waals surface area contributed by atoms with Gasteiger partial charge in [-0.1, -0.05) is 17.7 Å². The van der Waals surface area contributed by atoms with Crippen LogP contribution in [0.2, 0.25) is 5.02 Å². The maximum absolute atomic E-state index is 9.00. The minimum Gasteiger partial charge on any atom is -0.394 e. The van der Waals surface area contributed by atoms with Gasteiger partial charge in [0.2, 0.25) is 0 Å². The van der Waals surface area contributed by atoms with Crippen LogP contribution in [0.3, 0.4) is 0 Å². The molecule has 5 heteroatoms. The summed E-state index contributed by atoms with van der Waals surface area (Å²) in [6.45, 7) is 3.09. The van der Waals surface area contributed by atoms with Gasteiger partial charge in [-0.05, 0) is 17.7 Å². The molecule has 1 heterocycles. The summed E-state index contributed by atoms with van der Waals surface area (Å²) in [5.74, 6) is 0. The molecule has 0 spiro atoms. The van der Waals surface area contributed by atoms with Crippen molar-refractivity contribution in [3.8, 4) is 0 Å². The quantitative estimate of drug-likeness (QED) is 0.852. The van der Waals surface area contributed by atoms with Crippen molar-refractivity contribution in [2.24, 2.45) is 5.73 Å². The van der Waals surface area contributed by atoms with E-state index in [2.05, 4.69) is 4.90 Å². The first-order chi connectivity index (χ1) is 8.22. The van der Waals surface area contributed by atoms with Gasteiger partial charge < -0.3 is 20.5 Å². The Balaban J connectivity index is 2.18. The summed E-state index contributed by atoms with van der Waals surface area (Å²) in [5, 5.41) is 9.68. The van der Waals surface area contributed by atoms with Gasteiger partial charge in [0, 0.05) is 13.1 Å². The highest BCUT2D eigenvalue weighted by Gasteiger charge is 2.15. The van der Waals surface area contributed by atoms with Crippen LogP contribution in [0.1, 0.15) is 11.6 Å². The first-order valence-corrected chi connectivity index (χ1v) is 6.08. The lowest BCUT2D eigenvalue weighted by Crippen LogP contribution is -2.36. The van der Waals surface area contributed by atoms with Crippen LogP contribution in [-0.4, -0.2) is 38.0 Å². The molecule has 0 radical (unpaired) electrons. The van der Waals surface area contributed by atoms with E-state index < -0.39 is 0 Å². The zero-order valence-electron chi connectivity index (χ0n) is 9.60. The fourth-order valence-corrected chi connectivity index (χ4v) is 2.23. The van der Waals surface area contributed by atoms with Crippen LogP contribution >= 0.6 is 11.6 Å². The molecule has 0 saturated carbocycles. The van der Waals surface area contributed by atoms with Crippen molar-refractivity contribution in [2.45, 2.75) is 6.04 Å². The molecule has 0 aliphatic carbocycles. The van der Waals surface area contributed by atoms with Crippen LogP contribution in [0.5, 0.6) is 0 Å². The van der Waals surface area contributed by atoms with E-state index >= 15 is 0 Å². The highest BCUT2D eigenvalue weighted by molar-refractivity contribution is 6.33. The number of benzene rings is 1. The number of nitrogens with zero attached hydrogens (tertiary/aromatic N) is 1. The Morgan fingerprint density at radius 2 is 2.12 bits per heavy atom. The first-order valence-electron chi connectivity index (χ1n) is 5.71. The highest BCUT2D eigenvalue weighted by Crippen LogP contribution is 2.29. The molecule has 1 aromatic carbocycles. The molecule has 2 rings (SSSR count). The Hall–Kier alpha value is -0.810. The van der Waals surface area contributed by atoms with E-state index in [-0.39, 0.29) is 12.6 Å². The van der Waals surface area contributed by atoms with Gasteiger partial charge in [-0.3, -0.25) is 0 Å². The fourth-order valence-electron chi connectivity index (χ4n) is 1.92. The number of halogens is 1. The Morgan fingerprint density at radius 3 is 2.71 bits per heavy atom. The van der Waals surface area contributed by atoms with Crippen molar-refractivity contribution >= 4 is 17.3 Å². The van der Waals surface area contributed by atoms with Crippen molar-refractivity contribution in [3.05, 3.63) is 28.8 Å². The minimum absolute atomic E-state index is 0.0762. The molecular weight excluding hydrogens is 240 g/mol. The van der Waals surface area contributed by atoms with E-state index in [9.17, 15) is 0 Å². The number of anilines is 1. The van der Waals surface area contributed by atoms with E-state index in [1.54, 1.807) is 0 Å². The first kappa shape index (κ1) is 12.6. The molecule has 0 bridgehead atoms. The van der Waals surface area contributed by atoms with Crippen LogP contribution in [0.25, 0.3) is 0 Å². The lowest BCUT2D eigenvalue weighted by atomic mass is 10.1. The maximum atomic E-state index is 9.00. The molecule has 1 unspecified atom stereocenters. The summed E-state index contributed by atoms with van der Waals surface area (Å²) >= 11 is 6.24. The van der Waals surface area contributed by atoms with Gasteiger partial charge in [-0.15, -0.1) is 0 Å². The lowest BCUT2D eigenvalue weighted by Gasteiger charge is -2.29. The number of rotatable bonds is 3. The van der Waals surface area contributed by atoms with Crippen molar-refractivity contribution in [1.29, 1.82) is 0 Å². The van der Waals surface area contributed by atoms with Gasteiger partial charge in [0.15, 0.2) is 0 Å². The highest BCUT2D eigenvalue weighted by atomic mass is 35.5. The van der Waals surface area contributed by atoms with E-state index in [0.717, 1.165) is 37.6 Å². The lowest BCUT2D eigenvalue weighted by molar-refractivity contribution is 0.122. The van der Waals surface area contributed by atoms with Gasteiger partial charge in [-0.2, -0.15) is 0 Å². The van der Waals surface area contributed by atoms with Gasteiger partial charge >= 0.3 is 0 Å². The van der Waals surface area contributed by atoms with E-state index in [4.69, 9.17) is 27.2 Å². The summed E-state index contributed by atoms with van der Waals surface area (Å²) in [5.41, 5.74) is 7.61. The molecule has 1 aliphatic heterocycles. The second-order valence-electron chi connectivity index (χ2n) is 4.10. The number of hydrogen-bond donors (Lipinski definition) is 2. The molecule has 1 saturated heterocycles. The minimum atomic E-state index is -0.369. The average molecular weight is 257 g/mol. The van der Waals surface area contributed by atoms with Gasteiger partial charge in [0.25, 0.3) is 0 Å². The number of aliphatic hydroxyl groups is 1. The molecule has 3 N–H and O–H groups in total. The molecule has 1 fully saturated rings. The van der Waals surface area contributed by atoms with Crippen molar-refractivity contribution < 1.29 is 9.84 Å². The Kier molecular flexibility index (Phi) is 4.23. The van der Waals surface area contributed by atoms with Crippen molar-refractivity contribution in [1.82, 2.24) is 0 Å². The Bertz CT molecular complexity index is 381. The molecule has 4 nitrogen and oxygen atoms in total. The zero-order chi connectivity index (χ0) is 12.3. The van der Waals surface area contributed by atoms with Gasteiger partial charge in [0.1, 0.15) is 0 Å². The van der Waals surface area contributed by atoms with Crippen LogP contribution in [-0.2, 0) is 4.74 Å². The third-order valence-electron chi connectivity index (χ3n) is 2.95. The van der Waals surface area contributed by atoms with Crippen LogP contribution in [0, 0.1) is 0 Å². The molecule has 0 aromatic heterocycles. The molecule has 1 aliphatic rings. The Morgan fingerprint density at radius 1 is 1.41 bits per heavy atom. The van der Waals surface area contributed by atoms with E-state index in [0.29, 0.717) is 5.02 Å². The number of ether oxygens (including phenoxy) is 1. The second-order valence-corrected chi connectivity index (χ2v) is 4.51. The van der Waals surface area contributed by atoms with E-state index in [1.165, 1.54) is 0 Å². The molecule has 94 valence electrons. The van der Waals surface area contributed by atoms with Gasteiger partial charge in [0.05, 0.1) is 36.6 Å². The van der Waals surface area contributed by atoms with Gasteiger partial charge in [-0.25, -0.2) is 0 Å². The third-order valence-corrected chi connectivity index (χ3v) is 3.25. The third kappa shape index (κ3) is 2.90. The van der Waals surface area contributed by atoms with Crippen LogP contribution < -0.4 is 10.6 Å². The molecule has 0 amide bonds. The predicted octanol–water partition coefficient (Wildman–Crippen LogP) is 1.17. The van der Waals surface area contributed by atoms with Crippen molar-refractivity contribution in [2.75, 3.05) is 37.8 Å². The maximum Gasteiger partial charge on any atom is 0.0642 e. The molecule has 1 aromatic rings. The molecule has 17 heavy (non-hydrogen) atoms. The number of hydrogen-bond acceptors (Lipinski definition) is 4.